The standard InChI is InChI=1S/C6H12O3/c1-5-6(2,7)9-4-3-8-5/h5,7H,3-4H2,1-2H3. The molecule has 0 aromatic carbocycles. The van der Waals surface area contributed by atoms with Crippen molar-refractivity contribution in [3.8, 4) is 0 Å². The SMILES string of the molecule is CC1OCCOC1(C)O. The van der Waals surface area contributed by atoms with Crippen molar-refractivity contribution in [3.63, 3.8) is 0 Å². The highest BCUT2D eigenvalue weighted by Gasteiger charge is 2.32. The second kappa shape index (κ2) is 2.25. The van der Waals surface area contributed by atoms with Crippen LogP contribution in [0.3, 0.4) is 0 Å². The summed E-state index contributed by atoms with van der Waals surface area (Å²) in [6.45, 7) is 4.46. The molecule has 0 spiro atoms. The maximum atomic E-state index is 9.30. The van der Waals surface area contributed by atoms with Crippen LogP contribution in [0.1, 0.15) is 13.8 Å². The van der Waals surface area contributed by atoms with Gasteiger partial charge in [0.25, 0.3) is 0 Å². The summed E-state index contributed by atoms with van der Waals surface area (Å²) in [5.74, 6) is -1.09. The van der Waals surface area contributed by atoms with Crippen LogP contribution in [0, 0.1) is 0 Å². The van der Waals surface area contributed by atoms with E-state index in [0.29, 0.717) is 13.2 Å². The molecule has 3 nitrogen and oxygen atoms in total. The number of ether oxygens (including phenoxy) is 2. The average molecular weight is 132 g/mol. The van der Waals surface area contributed by atoms with Gasteiger partial charge in [-0.2, -0.15) is 0 Å². The molecule has 1 heterocycles. The lowest BCUT2D eigenvalue weighted by atomic mass is 10.2. The zero-order chi connectivity index (χ0) is 6.91. The summed E-state index contributed by atoms with van der Waals surface area (Å²) in [5, 5.41) is 9.30. The van der Waals surface area contributed by atoms with Crippen LogP contribution in [-0.4, -0.2) is 30.2 Å². The minimum Gasteiger partial charge on any atom is -0.371 e. The van der Waals surface area contributed by atoms with E-state index in [1.54, 1.807) is 13.8 Å². The van der Waals surface area contributed by atoms with Crippen molar-refractivity contribution >= 4 is 0 Å². The van der Waals surface area contributed by atoms with Crippen LogP contribution >= 0.6 is 0 Å². The Balaban J connectivity index is 2.49. The molecule has 1 aliphatic rings. The Morgan fingerprint density at radius 1 is 1.56 bits per heavy atom. The van der Waals surface area contributed by atoms with Crippen LogP contribution in [0.4, 0.5) is 0 Å². The Bertz CT molecular complexity index is 100. The van der Waals surface area contributed by atoms with Gasteiger partial charge in [0.15, 0.2) is 5.79 Å². The maximum Gasteiger partial charge on any atom is 0.189 e. The molecule has 0 amide bonds. The van der Waals surface area contributed by atoms with Crippen LogP contribution in [0.25, 0.3) is 0 Å². The average Bonchev–Trinajstić information content (AvgIpc) is 1.77. The molecule has 1 N–H and O–H groups in total. The van der Waals surface area contributed by atoms with E-state index >= 15 is 0 Å². The van der Waals surface area contributed by atoms with Crippen LogP contribution in [0.15, 0.2) is 0 Å². The molecule has 0 saturated carbocycles. The molecule has 1 fully saturated rings. The van der Waals surface area contributed by atoms with E-state index in [-0.39, 0.29) is 6.10 Å². The fraction of sp³-hybridized carbons (Fsp3) is 1.00. The van der Waals surface area contributed by atoms with E-state index in [2.05, 4.69) is 0 Å². The molecule has 0 bridgehead atoms. The van der Waals surface area contributed by atoms with Gasteiger partial charge in [0, 0.05) is 0 Å². The Labute approximate surface area is 54.6 Å². The Hall–Kier alpha value is -0.120. The first-order valence-electron chi connectivity index (χ1n) is 3.11. The van der Waals surface area contributed by atoms with Gasteiger partial charge in [0.05, 0.1) is 13.2 Å². The Morgan fingerprint density at radius 3 is 2.56 bits per heavy atom. The third-order valence-corrected chi connectivity index (χ3v) is 1.60. The van der Waals surface area contributed by atoms with Gasteiger partial charge in [-0.1, -0.05) is 0 Å². The van der Waals surface area contributed by atoms with Crippen LogP contribution in [-0.2, 0) is 9.47 Å². The molecule has 9 heavy (non-hydrogen) atoms. The number of hydrogen-bond donors (Lipinski definition) is 1. The van der Waals surface area contributed by atoms with E-state index in [4.69, 9.17) is 9.47 Å². The minimum absolute atomic E-state index is 0.216. The minimum atomic E-state index is -1.09. The van der Waals surface area contributed by atoms with Crippen LogP contribution < -0.4 is 0 Å². The lowest BCUT2D eigenvalue weighted by Crippen LogP contribution is -2.46. The first-order valence-corrected chi connectivity index (χ1v) is 3.11. The zero-order valence-corrected chi connectivity index (χ0v) is 5.76. The molecule has 1 rings (SSSR count). The second-order valence-corrected chi connectivity index (χ2v) is 2.42. The van der Waals surface area contributed by atoms with Gasteiger partial charge in [0.2, 0.25) is 0 Å². The number of hydrogen-bond acceptors (Lipinski definition) is 3. The van der Waals surface area contributed by atoms with Crippen LogP contribution in [0.5, 0.6) is 0 Å². The number of aliphatic hydroxyl groups is 1. The summed E-state index contributed by atoms with van der Waals surface area (Å²) in [6, 6.07) is 0. The molecular weight excluding hydrogens is 120 g/mol. The lowest BCUT2D eigenvalue weighted by Gasteiger charge is -2.34. The summed E-state index contributed by atoms with van der Waals surface area (Å²) in [5.41, 5.74) is 0. The monoisotopic (exact) mass is 132 g/mol. The first kappa shape index (κ1) is 6.99. The molecule has 0 aromatic rings. The van der Waals surface area contributed by atoms with Gasteiger partial charge in [-0.15, -0.1) is 0 Å². The molecule has 1 aliphatic heterocycles. The molecule has 2 atom stereocenters. The van der Waals surface area contributed by atoms with Crippen molar-refractivity contribution in [1.29, 1.82) is 0 Å². The highest BCUT2D eigenvalue weighted by molar-refractivity contribution is 4.71. The normalized spacial score (nSPS) is 45.0. The summed E-state index contributed by atoms with van der Waals surface area (Å²) in [6.07, 6.45) is -0.216. The molecule has 2 unspecified atom stereocenters. The van der Waals surface area contributed by atoms with Crippen molar-refractivity contribution in [2.45, 2.75) is 25.7 Å². The smallest absolute Gasteiger partial charge is 0.189 e. The fourth-order valence-corrected chi connectivity index (χ4v) is 0.745. The number of rotatable bonds is 0. The van der Waals surface area contributed by atoms with Gasteiger partial charge in [-0.05, 0) is 13.8 Å². The second-order valence-electron chi connectivity index (χ2n) is 2.42. The van der Waals surface area contributed by atoms with Crippen molar-refractivity contribution in [3.05, 3.63) is 0 Å². The third kappa shape index (κ3) is 1.41. The van der Waals surface area contributed by atoms with E-state index in [9.17, 15) is 5.11 Å². The van der Waals surface area contributed by atoms with Gasteiger partial charge < -0.3 is 14.6 Å². The topological polar surface area (TPSA) is 38.7 Å². The predicted octanol–water partition coefficient (Wildman–Crippen LogP) is 0.130. The molecular formula is C6H12O3. The molecule has 0 aliphatic carbocycles. The summed E-state index contributed by atoms with van der Waals surface area (Å²) < 4.78 is 10.1. The van der Waals surface area contributed by atoms with Crippen LogP contribution in [0.2, 0.25) is 0 Å². The Morgan fingerprint density at radius 2 is 2.22 bits per heavy atom. The molecule has 0 radical (unpaired) electrons. The third-order valence-electron chi connectivity index (χ3n) is 1.60. The van der Waals surface area contributed by atoms with Crippen molar-refractivity contribution in [1.82, 2.24) is 0 Å². The molecule has 3 heteroatoms. The van der Waals surface area contributed by atoms with Crippen molar-refractivity contribution in [2.75, 3.05) is 13.2 Å². The van der Waals surface area contributed by atoms with E-state index in [1.165, 1.54) is 0 Å². The van der Waals surface area contributed by atoms with Crippen molar-refractivity contribution in [2.24, 2.45) is 0 Å². The zero-order valence-electron chi connectivity index (χ0n) is 5.76. The van der Waals surface area contributed by atoms with Gasteiger partial charge >= 0.3 is 0 Å². The quantitative estimate of drug-likeness (QED) is 0.509. The van der Waals surface area contributed by atoms with Gasteiger partial charge in [0.1, 0.15) is 6.10 Å². The highest BCUT2D eigenvalue weighted by Crippen LogP contribution is 2.18. The van der Waals surface area contributed by atoms with Gasteiger partial charge in [-0.3, -0.25) is 0 Å². The maximum absolute atomic E-state index is 9.30. The first-order chi connectivity index (χ1) is 4.13. The Kier molecular flexibility index (Phi) is 1.75. The largest absolute Gasteiger partial charge is 0.371 e. The molecule has 0 aromatic heterocycles. The lowest BCUT2D eigenvalue weighted by molar-refractivity contribution is -0.289. The van der Waals surface area contributed by atoms with E-state index in [0.717, 1.165) is 0 Å². The predicted molar refractivity (Wildman–Crippen MR) is 32.0 cm³/mol. The van der Waals surface area contributed by atoms with Gasteiger partial charge in [-0.25, -0.2) is 0 Å². The summed E-state index contributed by atoms with van der Waals surface area (Å²) >= 11 is 0. The van der Waals surface area contributed by atoms with E-state index in [1.807, 2.05) is 0 Å². The highest BCUT2D eigenvalue weighted by atomic mass is 16.7. The van der Waals surface area contributed by atoms with E-state index < -0.39 is 5.79 Å². The summed E-state index contributed by atoms with van der Waals surface area (Å²) in [7, 11) is 0. The molecule has 1 saturated heterocycles. The van der Waals surface area contributed by atoms with Crippen molar-refractivity contribution < 1.29 is 14.6 Å². The summed E-state index contributed by atoms with van der Waals surface area (Å²) in [4.78, 5) is 0. The molecule has 54 valence electrons. The fourth-order valence-electron chi connectivity index (χ4n) is 0.745.